The molecule has 1 saturated heterocycles. The third-order valence-electron chi connectivity index (χ3n) is 4.23. The van der Waals surface area contributed by atoms with Crippen LogP contribution in [0.25, 0.3) is 0 Å². The highest BCUT2D eigenvalue weighted by Gasteiger charge is 2.31. The molecule has 1 aliphatic heterocycles. The molecule has 1 aliphatic carbocycles. The first-order valence-electron chi connectivity index (χ1n) is 7.81. The Morgan fingerprint density at radius 2 is 2.17 bits per heavy atom. The molecule has 1 heterocycles. The van der Waals surface area contributed by atoms with Crippen LogP contribution in [0.4, 0.5) is 0 Å². The Hall–Kier alpha value is -0.570. The van der Waals surface area contributed by atoms with Crippen LogP contribution in [0.2, 0.25) is 0 Å². The normalized spacial score (nSPS) is 23.9. The van der Waals surface area contributed by atoms with Gasteiger partial charge in [0.25, 0.3) is 0 Å². The first kappa shape index (κ1) is 13.9. The minimum atomic E-state index is 0.413. The molecule has 0 spiro atoms. The van der Waals surface area contributed by atoms with E-state index < -0.39 is 0 Å². The summed E-state index contributed by atoms with van der Waals surface area (Å²) in [6.45, 7) is 5.47. The number of carbonyl (C=O) groups is 1. The fraction of sp³-hybridized carbons (Fsp3) is 0.933. The molecule has 2 rings (SSSR count). The summed E-state index contributed by atoms with van der Waals surface area (Å²) in [7, 11) is 0. The summed E-state index contributed by atoms with van der Waals surface area (Å²) in [6, 6.07) is 0.591. The van der Waals surface area contributed by atoms with Crippen molar-refractivity contribution in [2.45, 2.75) is 64.3 Å². The zero-order valence-corrected chi connectivity index (χ0v) is 11.8. The van der Waals surface area contributed by atoms with Crippen LogP contribution in [0, 0.1) is 5.92 Å². The average molecular weight is 252 g/mol. The molecule has 1 amide bonds. The number of hydrogen-bond acceptors (Lipinski definition) is 2. The topological polar surface area (TPSA) is 32.3 Å². The molecular weight excluding hydrogens is 224 g/mol. The van der Waals surface area contributed by atoms with Crippen LogP contribution >= 0.6 is 0 Å². The van der Waals surface area contributed by atoms with Gasteiger partial charge in [-0.2, -0.15) is 0 Å². The molecule has 1 saturated carbocycles. The lowest BCUT2D eigenvalue weighted by Crippen LogP contribution is -2.35. The maximum absolute atomic E-state index is 12.3. The molecule has 1 atom stereocenters. The molecule has 18 heavy (non-hydrogen) atoms. The highest BCUT2D eigenvalue weighted by atomic mass is 16.2. The van der Waals surface area contributed by atoms with Gasteiger partial charge >= 0.3 is 0 Å². The number of piperidine rings is 1. The molecule has 0 bridgehead atoms. The minimum Gasteiger partial charge on any atom is -0.340 e. The molecule has 0 aromatic heterocycles. The van der Waals surface area contributed by atoms with Crippen molar-refractivity contribution < 1.29 is 4.79 Å². The van der Waals surface area contributed by atoms with Crippen LogP contribution in [0.5, 0.6) is 0 Å². The van der Waals surface area contributed by atoms with E-state index in [4.69, 9.17) is 0 Å². The Bertz CT molecular complexity index is 257. The number of nitrogens with one attached hydrogen (secondary N) is 1. The molecule has 2 aliphatic rings. The number of rotatable bonds is 7. The maximum Gasteiger partial charge on any atom is 0.222 e. The van der Waals surface area contributed by atoms with E-state index >= 15 is 0 Å². The Kier molecular flexibility index (Phi) is 5.48. The molecule has 1 N–H and O–H groups in total. The number of carbonyl (C=O) groups excluding carboxylic acids is 1. The van der Waals surface area contributed by atoms with Gasteiger partial charge in [-0.3, -0.25) is 4.79 Å². The largest absolute Gasteiger partial charge is 0.340 e. The van der Waals surface area contributed by atoms with Gasteiger partial charge in [0.15, 0.2) is 0 Å². The first-order chi connectivity index (χ1) is 8.81. The summed E-state index contributed by atoms with van der Waals surface area (Å²) in [5.41, 5.74) is 0. The van der Waals surface area contributed by atoms with Crippen LogP contribution in [-0.2, 0) is 4.79 Å². The molecule has 1 unspecified atom stereocenters. The van der Waals surface area contributed by atoms with Gasteiger partial charge < -0.3 is 10.2 Å². The predicted octanol–water partition coefficient (Wildman–Crippen LogP) is 2.56. The van der Waals surface area contributed by atoms with Crippen molar-refractivity contribution in [3.8, 4) is 0 Å². The van der Waals surface area contributed by atoms with Crippen LogP contribution in [0.1, 0.15) is 58.3 Å². The number of nitrogens with zero attached hydrogens (tertiary/aromatic N) is 1. The molecule has 0 aromatic rings. The van der Waals surface area contributed by atoms with Gasteiger partial charge in [-0.15, -0.1) is 0 Å². The number of unbranched alkanes of at least 4 members (excludes halogenated alkanes) is 1. The number of hydrogen-bond donors (Lipinski definition) is 1. The van der Waals surface area contributed by atoms with Gasteiger partial charge in [-0.05, 0) is 57.5 Å². The Morgan fingerprint density at radius 1 is 1.33 bits per heavy atom. The molecule has 104 valence electrons. The van der Waals surface area contributed by atoms with Crippen molar-refractivity contribution in [3.63, 3.8) is 0 Å². The van der Waals surface area contributed by atoms with E-state index in [2.05, 4.69) is 17.1 Å². The highest BCUT2D eigenvalue weighted by molar-refractivity contribution is 5.76. The Labute approximate surface area is 111 Å². The maximum atomic E-state index is 12.3. The summed E-state index contributed by atoms with van der Waals surface area (Å²) in [5, 5.41) is 3.43. The SMILES string of the molecule is CCCCN(C(=O)CCC1CCCNC1)C1CC1. The fourth-order valence-electron chi connectivity index (χ4n) is 2.87. The monoisotopic (exact) mass is 252 g/mol. The standard InChI is InChI=1S/C15H28N2O/c1-2-3-11-17(14-7-8-14)15(18)9-6-13-5-4-10-16-12-13/h13-14,16H,2-12H2,1H3. The Balaban J connectivity index is 1.70. The molecule has 2 fully saturated rings. The lowest BCUT2D eigenvalue weighted by atomic mass is 9.94. The first-order valence-corrected chi connectivity index (χ1v) is 7.81. The highest BCUT2D eigenvalue weighted by Crippen LogP contribution is 2.28. The summed E-state index contributed by atoms with van der Waals surface area (Å²) in [6.07, 6.45) is 9.25. The van der Waals surface area contributed by atoms with Crippen LogP contribution in [0.3, 0.4) is 0 Å². The van der Waals surface area contributed by atoms with Gasteiger partial charge in [-0.25, -0.2) is 0 Å². The summed E-state index contributed by atoms with van der Waals surface area (Å²) in [5.74, 6) is 1.14. The van der Waals surface area contributed by atoms with E-state index in [0.29, 0.717) is 11.9 Å². The van der Waals surface area contributed by atoms with Crippen molar-refractivity contribution in [2.24, 2.45) is 5.92 Å². The van der Waals surface area contributed by atoms with E-state index in [1.54, 1.807) is 0 Å². The molecule has 0 radical (unpaired) electrons. The Morgan fingerprint density at radius 3 is 2.78 bits per heavy atom. The van der Waals surface area contributed by atoms with E-state index in [1.807, 2.05) is 0 Å². The van der Waals surface area contributed by atoms with Crippen molar-refractivity contribution in [1.29, 1.82) is 0 Å². The molecular formula is C15H28N2O. The van der Waals surface area contributed by atoms with Gasteiger partial charge in [0, 0.05) is 19.0 Å². The van der Waals surface area contributed by atoms with E-state index in [0.717, 1.165) is 44.8 Å². The second kappa shape index (κ2) is 7.13. The van der Waals surface area contributed by atoms with Gasteiger partial charge in [0.2, 0.25) is 5.91 Å². The zero-order valence-electron chi connectivity index (χ0n) is 11.8. The van der Waals surface area contributed by atoms with E-state index in [1.165, 1.54) is 32.1 Å². The summed E-state index contributed by atoms with van der Waals surface area (Å²) >= 11 is 0. The lowest BCUT2D eigenvalue weighted by molar-refractivity contribution is -0.132. The van der Waals surface area contributed by atoms with E-state index in [9.17, 15) is 4.79 Å². The molecule has 0 aromatic carbocycles. The number of amides is 1. The second-order valence-electron chi connectivity index (χ2n) is 5.92. The van der Waals surface area contributed by atoms with Gasteiger partial charge in [0.05, 0.1) is 0 Å². The van der Waals surface area contributed by atoms with Gasteiger partial charge in [-0.1, -0.05) is 13.3 Å². The minimum absolute atomic E-state index is 0.413. The smallest absolute Gasteiger partial charge is 0.222 e. The van der Waals surface area contributed by atoms with Crippen molar-refractivity contribution in [2.75, 3.05) is 19.6 Å². The van der Waals surface area contributed by atoms with Crippen molar-refractivity contribution in [3.05, 3.63) is 0 Å². The predicted molar refractivity (Wildman–Crippen MR) is 74.5 cm³/mol. The van der Waals surface area contributed by atoms with Crippen LogP contribution < -0.4 is 5.32 Å². The van der Waals surface area contributed by atoms with Gasteiger partial charge in [0.1, 0.15) is 0 Å². The van der Waals surface area contributed by atoms with Crippen molar-refractivity contribution >= 4 is 5.91 Å². The van der Waals surface area contributed by atoms with Crippen LogP contribution in [-0.4, -0.2) is 36.5 Å². The quantitative estimate of drug-likeness (QED) is 0.755. The third-order valence-corrected chi connectivity index (χ3v) is 4.23. The average Bonchev–Trinajstić information content (AvgIpc) is 3.22. The summed E-state index contributed by atoms with van der Waals surface area (Å²) < 4.78 is 0. The van der Waals surface area contributed by atoms with Crippen LogP contribution in [0.15, 0.2) is 0 Å². The second-order valence-corrected chi connectivity index (χ2v) is 5.92. The molecule has 3 nitrogen and oxygen atoms in total. The molecule has 3 heteroatoms. The lowest BCUT2D eigenvalue weighted by Gasteiger charge is -2.25. The van der Waals surface area contributed by atoms with Crippen molar-refractivity contribution in [1.82, 2.24) is 10.2 Å². The third kappa shape index (κ3) is 4.27. The fourth-order valence-corrected chi connectivity index (χ4v) is 2.87. The van der Waals surface area contributed by atoms with E-state index in [-0.39, 0.29) is 0 Å². The summed E-state index contributed by atoms with van der Waals surface area (Å²) in [4.78, 5) is 14.4. The zero-order chi connectivity index (χ0) is 12.8.